The lowest BCUT2D eigenvalue weighted by Crippen LogP contribution is -2.43. The molecule has 0 bridgehead atoms. The van der Waals surface area contributed by atoms with E-state index in [1.165, 1.54) is 37.8 Å². The van der Waals surface area contributed by atoms with E-state index in [1.54, 1.807) is 0 Å². The molecule has 2 fully saturated rings. The molecule has 0 unspecified atom stereocenters. The molecule has 26 heavy (non-hydrogen) atoms. The van der Waals surface area contributed by atoms with Gasteiger partial charge in [-0.2, -0.15) is 5.10 Å². The number of hydrogen-bond acceptors (Lipinski definition) is 5. The fourth-order valence-electron chi connectivity index (χ4n) is 4.33. The molecule has 0 amide bonds. The third kappa shape index (κ3) is 3.61. The van der Waals surface area contributed by atoms with E-state index in [-0.39, 0.29) is 0 Å². The van der Waals surface area contributed by atoms with E-state index in [2.05, 4.69) is 40.1 Å². The summed E-state index contributed by atoms with van der Waals surface area (Å²) in [5, 5.41) is 4.43. The van der Waals surface area contributed by atoms with Gasteiger partial charge in [0, 0.05) is 50.6 Å². The van der Waals surface area contributed by atoms with E-state index < -0.39 is 0 Å². The molecule has 1 saturated heterocycles. The van der Waals surface area contributed by atoms with Crippen molar-refractivity contribution < 1.29 is 0 Å². The molecule has 0 N–H and O–H groups in total. The first-order chi connectivity index (χ1) is 12.7. The molecule has 0 radical (unpaired) electrons. The summed E-state index contributed by atoms with van der Waals surface area (Å²) in [5.74, 6) is 3.26. The number of rotatable bonds is 6. The van der Waals surface area contributed by atoms with Crippen LogP contribution in [-0.4, -0.2) is 51.3 Å². The lowest BCUT2D eigenvalue weighted by molar-refractivity contribution is 0.101. The zero-order valence-corrected chi connectivity index (χ0v) is 16.2. The summed E-state index contributed by atoms with van der Waals surface area (Å²) < 4.78 is 1.92. The van der Waals surface area contributed by atoms with Crippen molar-refractivity contribution in [3.8, 4) is 0 Å². The molecule has 6 heteroatoms. The van der Waals surface area contributed by atoms with Crippen molar-refractivity contribution in [2.24, 2.45) is 13.0 Å². The van der Waals surface area contributed by atoms with Crippen LogP contribution in [0, 0.1) is 5.92 Å². The maximum Gasteiger partial charge on any atom is 0.133 e. The zero-order valence-electron chi connectivity index (χ0n) is 16.2. The van der Waals surface area contributed by atoms with Gasteiger partial charge >= 0.3 is 0 Å². The van der Waals surface area contributed by atoms with E-state index in [9.17, 15) is 0 Å². The van der Waals surface area contributed by atoms with Gasteiger partial charge in [0.15, 0.2) is 0 Å². The first-order valence-electron chi connectivity index (χ1n) is 9.92. The van der Waals surface area contributed by atoms with Gasteiger partial charge < -0.3 is 4.90 Å². The molecule has 1 aliphatic carbocycles. The van der Waals surface area contributed by atoms with Gasteiger partial charge in [-0.3, -0.25) is 9.58 Å². The Morgan fingerprint density at radius 2 is 2.12 bits per heavy atom. The van der Waals surface area contributed by atoms with Crippen molar-refractivity contribution in [3.05, 3.63) is 36.0 Å². The molecule has 0 aromatic carbocycles. The SMILES string of the molecule is CCN1CCC[C@@H](CN(C)c2ccnc(C3CC3)n2)[C@@H]1c1cnn(C)c1. The van der Waals surface area contributed by atoms with Crippen LogP contribution in [-0.2, 0) is 7.05 Å². The summed E-state index contributed by atoms with van der Waals surface area (Å²) in [6.07, 6.45) is 11.1. The molecule has 2 aromatic rings. The second-order valence-electron chi connectivity index (χ2n) is 7.85. The third-order valence-corrected chi connectivity index (χ3v) is 5.83. The molecule has 4 rings (SSSR count). The van der Waals surface area contributed by atoms with Crippen molar-refractivity contribution in [1.82, 2.24) is 24.6 Å². The van der Waals surface area contributed by atoms with Crippen LogP contribution in [0.3, 0.4) is 0 Å². The molecule has 140 valence electrons. The zero-order chi connectivity index (χ0) is 18.1. The van der Waals surface area contributed by atoms with Crippen LogP contribution in [0.1, 0.15) is 56.0 Å². The normalized spacial score (nSPS) is 24.0. The van der Waals surface area contributed by atoms with Crippen molar-refractivity contribution in [2.45, 2.75) is 44.6 Å². The molecule has 2 aromatic heterocycles. The van der Waals surface area contributed by atoms with Crippen LogP contribution in [0.25, 0.3) is 0 Å². The number of aromatic nitrogens is 4. The topological polar surface area (TPSA) is 50.1 Å². The smallest absolute Gasteiger partial charge is 0.133 e. The van der Waals surface area contributed by atoms with Gasteiger partial charge in [-0.15, -0.1) is 0 Å². The largest absolute Gasteiger partial charge is 0.359 e. The van der Waals surface area contributed by atoms with Crippen LogP contribution < -0.4 is 4.90 Å². The lowest BCUT2D eigenvalue weighted by atomic mass is 9.85. The average Bonchev–Trinajstić information content (AvgIpc) is 3.43. The number of aryl methyl sites for hydroxylation is 1. The van der Waals surface area contributed by atoms with Gasteiger partial charge in [-0.1, -0.05) is 6.92 Å². The van der Waals surface area contributed by atoms with Gasteiger partial charge in [0.2, 0.25) is 0 Å². The minimum absolute atomic E-state index is 0.439. The highest BCUT2D eigenvalue weighted by Crippen LogP contribution is 2.39. The average molecular weight is 355 g/mol. The molecular weight excluding hydrogens is 324 g/mol. The highest BCUT2D eigenvalue weighted by Gasteiger charge is 2.34. The highest BCUT2D eigenvalue weighted by atomic mass is 15.3. The Balaban J connectivity index is 1.53. The second kappa shape index (κ2) is 7.35. The molecule has 1 aliphatic heterocycles. The lowest BCUT2D eigenvalue weighted by Gasteiger charge is -2.42. The van der Waals surface area contributed by atoms with E-state index in [4.69, 9.17) is 4.98 Å². The van der Waals surface area contributed by atoms with E-state index in [0.29, 0.717) is 17.9 Å². The summed E-state index contributed by atoms with van der Waals surface area (Å²) >= 11 is 0. The molecule has 3 heterocycles. The van der Waals surface area contributed by atoms with Crippen LogP contribution in [0.15, 0.2) is 24.7 Å². The number of hydrogen-bond donors (Lipinski definition) is 0. The first-order valence-corrected chi connectivity index (χ1v) is 9.92. The third-order valence-electron chi connectivity index (χ3n) is 5.83. The quantitative estimate of drug-likeness (QED) is 0.798. The monoisotopic (exact) mass is 354 g/mol. The van der Waals surface area contributed by atoms with Crippen molar-refractivity contribution >= 4 is 5.82 Å². The summed E-state index contributed by atoms with van der Waals surface area (Å²) in [6, 6.07) is 2.49. The molecule has 2 atom stereocenters. The molecule has 0 spiro atoms. The Labute approximate surface area is 156 Å². The van der Waals surface area contributed by atoms with Gasteiger partial charge in [0.05, 0.1) is 6.20 Å². The van der Waals surface area contributed by atoms with Crippen LogP contribution in [0.2, 0.25) is 0 Å². The van der Waals surface area contributed by atoms with E-state index in [1.807, 2.05) is 30.2 Å². The van der Waals surface area contributed by atoms with Crippen LogP contribution in [0.5, 0.6) is 0 Å². The number of piperidine rings is 1. The van der Waals surface area contributed by atoms with E-state index >= 15 is 0 Å². The summed E-state index contributed by atoms with van der Waals surface area (Å²) in [6.45, 7) is 5.54. The molecule has 2 aliphatic rings. The maximum absolute atomic E-state index is 4.83. The Hall–Kier alpha value is -1.95. The standard InChI is InChI=1S/C20H30N6/c1-4-26-11-5-6-16(19(26)17-12-22-25(3)14-17)13-24(2)18-9-10-21-20(23-18)15-7-8-15/h9-10,12,14-16,19H,4-8,11,13H2,1-3H3/t16-,19+/m0/s1. The molecule has 6 nitrogen and oxygen atoms in total. The first kappa shape index (κ1) is 17.5. The van der Waals surface area contributed by atoms with Crippen LogP contribution >= 0.6 is 0 Å². The van der Waals surface area contributed by atoms with Gasteiger partial charge in [0.1, 0.15) is 11.6 Å². The Bertz CT molecular complexity index is 737. The predicted octanol–water partition coefficient (Wildman–Crippen LogP) is 3.00. The van der Waals surface area contributed by atoms with Crippen molar-refractivity contribution in [2.75, 3.05) is 31.6 Å². The summed E-state index contributed by atoms with van der Waals surface area (Å²) in [7, 11) is 4.17. The minimum atomic E-state index is 0.439. The van der Waals surface area contributed by atoms with Gasteiger partial charge in [0.25, 0.3) is 0 Å². The Kier molecular flexibility index (Phi) is 4.94. The highest BCUT2D eigenvalue weighted by molar-refractivity contribution is 5.37. The summed E-state index contributed by atoms with van der Waals surface area (Å²) in [4.78, 5) is 14.2. The molecular formula is C20H30N6. The van der Waals surface area contributed by atoms with E-state index in [0.717, 1.165) is 24.7 Å². The van der Waals surface area contributed by atoms with Gasteiger partial charge in [-0.25, -0.2) is 9.97 Å². The second-order valence-corrected chi connectivity index (χ2v) is 7.85. The fourth-order valence-corrected chi connectivity index (χ4v) is 4.33. The number of nitrogens with zero attached hydrogens (tertiary/aromatic N) is 6. The fraction of sp³-hybridized carbons (Fsp3) is 0.650. The maximum atomic E-state index is 4.83. The molecule has 1 saturated carbocycles. The predicted molar refractivity (Wildman–Crippen MR) is 103 cm³/mol. The van der Waals surface area contributed by atoms with Crippen molar-refractivity contribution in [1.29, 1.82) is 0 Å². The van der Waals surface area contributed by atoms with Crippen LogP contribution in [0.4, 0.5) is 5.82 Å². The Morgan fingerprint density at radius 1 is 1.27 bits per heavy atom. The number of likely N-dealkylation sites (tertiary alicyclic amines) is 1. The number of anilines is 1. The minimum Gasteiger partial charge on any atom is -0.359 e. The van der Waals surface area contributed by atoms with Crippen molar-refractivity contribution in [3.63, 3.8) is 0 Å². The Morgan fingerprint density at radius 3 is 2.81 bits per heavy atom. The summed E-state index contributed by atoms with van der Waals surface area (Å²) in [5.41, 5.74) is 1.34. The van der Waals surface area contributed by atoms with Gasteiger partial charge in [-0.05, 0) is 50.8 Å².